The first-order valence-corrected chi connectivity index (χ1v) is 12.0. The summed E-state index contributed by atoms with van der Waals surface area (Å²) in [5, 5.41) is 4.72. The molecule has 1 amide bonds. The Kier molecular flexibility index (Phi) is 7.01. The molecule has 0 bridgehead atoms. The van der Waals surface area contributed by atoms with Gasteiger partial charge in [-0.15, -0.1) is 0 Å². The van der Waals surface area contributed by atoms with Gasteiger partial charge >= 0.3 is 12.4 Å². The van der Waals surface area contributed by atoms with E-state index >= 15 is 4.39 Å². The van der Waals surface area contributed by atoms with Crippen molar-refractivity contribution in [2.45, 2.75) is 61.3 Å². The summed E-state index contributed by atoms with van der Waals surface area (Å²) >= 11 is 0. The SMILES string of the molecule is CC1(CCNC(=O)c2cc(C(F)(F)F)n[nH]2)CCC(F)(S(=O)(=O)c2cccc(C(F)(F)F)c2)CC1. The maximum Gasteiger partial charge on any atom is 0.435 e. The number of nitrogens with one attached hydrogen (secondary N) is 2. The van der Waals surface area contributed by atoms with Crippen LogP contribution in [-0.2, 0) is 22.2 Å². The van der Waals surface area contributed by atoms with E-state index in [2.05, 4.69) is 10.4 Å². The number of carbonyl (C=O) groups is 1. The van der Waals surface area contributed by atoms with Crippen molar-refractivity contribution in [1.29, 1.82) is 0 Å². The number of rotatable bonds is 6. The van der Waals surface area contributed by atoms with Crippen molar-refractivity contribution < 1.29 is 43.9 Å². The third kappa shape index (κ3) is 5.78. The molecule has 2 aromatic rings. The fraction of sp³-hybridized carbons (Fsp3) is 0.524. The Hall–Kier alpha value is -2.64. The summed E-state index contributed by atoms with van der Waals surface area (Å²) in [4.78, 5) is 11.3. The summed E-state index contributed by atoms with van der Waals surface area (Å²) in [5.74, 6) is -0.820. The molecule has 0 aliphatic heterocycles. The molecule has 1 saturated carbocycles. The Labute approximate surface area is 196 Å². The summed E-state index contributed by atoms with van der Waals surface area (Å²) in [5.41, 5.74) is -3.43. The van der Waals surface area contributed by atoms with Crippen LogP contribution in [0.1, 0.15) is 60.8 Å². The van der Waals surface area contributed by atoms with Gasteiger partial charge in [0.2, 0.25) is 14.8 Å². The van der Waals surface area contributed by atoms with Gasteiger partial charge in [0.05, 0.1) is 10.5 Å². The predicted octanol–water partition coefficient (Wildman–Crippen LogP) is 5.29. The van der Waals surface area contributed by atoms with Crippen LogP contribution in [0.4, 0.5) is 30.7 Å². The number of H-pyrrole nitrogens is 1. The molecule has 3 rings (SSSR count). The number of benzene rings is 1. The Bertz CT molecular complexity index is 1180. The summed E-state index contributed by atoms with van der Waals surface area (Å²) in [6.07, 6.45) is -9.98. The lowest BCUT2D eigenvalue weighted by Crippen LogP contribution is -2.42. The van der Waals surface area contributed by atoms with E-state index in [0.29, 0.717) is 18.2 Å². The van der Waals surface area contributed by atoms with E-state index in [0.717, 1.165) is 12.1 Å². The largest absolute Gasteiger partial charge is 0.435 e. The van der Waals surface area contributed by atoms with Crippen molar-refractivity contribution in [3.63, 3.8) is 0 Å². The van der Waals surface area contributed by atoms with Gasteiger partial charge in [0.25, 0.3) is 5.91 Å². The molecule has 0 saturated heterocycles. The van der Waals surface area contributed by atoms with E-state index in [-0.39, 0.29) is 31.5 Å². The number of halogens is 7. The molecule has 0 unspecified atom stereocenters. The number of sulfone groups is 1. The molecule has 0 atom stereocenters. The van der Waals surface area contributed by atoms with Crippen LogP contribution in [0.3, 0.4) is 0 Å². The molecule has 1 aliphatic carbocycles. The molecule has 1 aromatic carbocycles. The summed E-state index contributed by atoms with van der Waals surface area (Å²) in [6, 6.07) is 3.51. The standard InChI is InChI=1S/C21H22F7N3O3S/c1-18(9-10-29-17(32)15-12-16(31-30-15)21(26,27)28)5-7-19(22,8-6-18)35(33,34)14-4-2-3-13(11-14)20(23,24)25/h2-4,11-12H,5-10H2,1H3,(H,29,32)(H,30,31). The summed E-state index contributed by atoms with van der Waals surface area (Å²) < 4.78 is 118. The van der Waals surface area contributed by atoms with Gasteiger partial charge < -0.3 is 5.32 Å². The molecule has 2 N–H and O–H groups in total. The molecule has 1 aromatic heterocycles. The quantitative estimate of drug-likeness (QED) is 0.498. The Balaban J connectivity index is 1.61. The van der Waals surface area contributed by atoms with Crippen LogP contribution in [0, 0.1) is 5.41 Å². The van der Waals surface area contributed by atoms with E-state index in [1.807, 2.05) is 5.10 Å². The molecule has 35 heavy (non-hydrogen) atoms. The fourth-order valence-corrected chi connectivity index (χ4v) is 5.66. The summed E-state index contributed by atoms with van der Waals surface area (Å²) in [6.45, 7) is 1.77. The monoisotopic (exact) mass is 529 g/mol. The minimum atomic E-state index is -4.78. The fourth-order valence-electron chi connectivity index (χ4n) is 3.95. The van der Waals surface area contributed by atoms with Crippen molar-refractivity contribution >= 4 is 15.7 Å². The van der Waals surface area contributed by atoms with Crippen LogP contribution in [0.5, 0.6) is 0 Å². The molecule has 1 aliphatic rings. The highest BCUT2D eigenvalue weighted by Gasteiger charge is 2.50. The van der Waals surface area contributed by atoms with Crippen LogP contribution in [-0.4, -0.2) is 36.1 Å². The lowest BCUT2D eigenvalue weighted by molar-refractivity contribution is -0.141. The van der Waals surface area contributed by atoms with Crippen molar-refractivity contribution in [1.82, 2.24) is 15.5 Å². The normalized spacial score (nSPS) is 23.8. The van der Waals surface area contributed by atoms with E-state index in [1.165, 1.54) is 0 Å². The summed E-state index contributed by atoms with van der Waals surface area (Å²) in [7, 11) is -4.71. The number of nitrogens with zero attached hydrogens (tertiary/aromatic N) is 1. The van der Waals surface area contributed by atoms with Crippen LogP contribution in [0.2, 0.25) is 0 Å². The lowest BCUT2D eigenvalue weighted by Gasteiger charge is -2.40. The smallest absolute Gasteiger partial charge is 0.351 e. The number of aromatic nitrogens is 2. The molecule has 0 spiro atoms. The topological polar surface area (TPSA) is 91.9 Å². The molecule has 1 heterocycles. The number of carbonyl (C=O) groups excluding carboxylic acids is 1. The Morgan fingerprint density at radius 1 is 1.06 bits per heavy atom. The maximum atomic E-state index is 15.5. The first-order valence-electron chi connectivity index (χ1n) is 10.5. The second-order valence-electron chi connectivity index (χ2n) is 8.89. The first kappa shape index (κ1) is 27.0. The zero-order chi connectivity index (χ0) is 26.3. The maximum absolute atomic E-state index is 15.5. The first-order chi connectivity index (χ1) is 16.0. The van der Waals surface area contributed by atoms with Crippen molar-refractivity contribution in [2.75, 3.05) is 6.54 Å². The number of amides is 1. The van der Waals surface area contributed by atoms with E-state index in [4.69, 9.17) is 0 Å². The van der Waals surface area contributed by atoms with E-state index in [1.54, 1.807) is 6.92 Å². The van der Waals surface area contributed by atoms with Gasteiger partial charge in [-0.1, -0.05) is 13.0 Å². The number of aromatic amines is 1. The molecular weight excluding hydrogens is 507 g/mol. The Morgan fingerprint density at radius 2 is 1.69 bits per heavy atom. The third-order valence-electron chi connectivity index (χ3n) is 6.28. The molecule has 6 nitrogen and oxygen atoms in total. The predicted molar refractivity (Wildman–Crippen MR) is 110 cm³/mol. The van der Waals surface area contributed by atoms with Crippen LogP contribution < -0.4 is 5.32 Å². The van der Waals surface area contributed by atoms with Gasteiger partial charge in [-0.2, -0.15) is 31.4 Å². The van der Waals surface area contributed by atoms with E-state index in [9.17, 15) is 39.6 Å². The molecular formula is C21H22F7N3O3S. The van der Waals surface area contributed by atoms with Crippen molar-refractivity contribution in [2.24, 2.45) is 5.41 Å². The van der Waals surface area contributed by atoms with Crippen LogP contribution >= 0.6 is 0 Å². The minimum absolute atomic E-state index is 0.0232. The highest BCUT2D eigenvalue weighted by Crippen LogP contribution is 2.48. The number of hydrogen-bond donors (Lipinski definition) is 2. The number of hydrogen-bond acceptors (Lipinski definition) is 4. The highest BCUT2D eigenvalue weighted by atomic mass is 32.2. The molecule has 1 fully saturated rings. The second kappa shape index (κ2) is 9.10. The zero-order valence-corrected chi connectivity index (χ0v) is 19.2. The average molecular weight is 529 g/mol. The van der Waals surface area contributed by atoms with E-state index < -0.39 is 67.5 Å². The molecule has 194 valence electrons. The molecule has 14 heteroatoms. The van der Waals surface area contributed by atoms with Gasteiger partial charge in [0.15, 0.2) is 5.69 Å². The third-order valence-corrected chi connectivity index (χ3v) is 8.53. The second-order valence-corrected chi connectivity index (χ2v) is 11.1. The lowest BCUT2D eigenvalue weighted by atomic mass is 9.72. The van der Waals surface area contributed by atoms with Gasteiger partial charge in [0.1, 0.15) is 5.69 Å². The van der Waals surface area contributed by atoms with Gasteiger partial charge in [-0.05, 0) is 55.7 Å². The molecule has 0 radical (unpaired) electrons. The van der Waals surface area contributed by atoms with Crippen LogP contribution in [0.15, 0.2) is 35.2 Å². The van der Waals surface area contributed by atoms with Gasteiger partial charge in [-0.25, -0.2) is 12.8 Å². The highest BCUT2D eigenvalue weighted by molar-refractivity contribution is 7.92. The van der Waals surface area contributed by atoms with Gasteiger partial charge in [-0.3, -0.25) is 9.89 Å². The average Bonchev–Trinajstić information content (AvgIpc) is 3.27. The Morgan fingerprint density at radius 3 is 2.23 bits per heavy atom. The van der Waals surface area contributed by atoms with Crippen molar-refractivity contribution in [3.8, 4) is 0 Å². The van der Waals surface area contributed by atoms with Crippen molar-refractivity contribution in [3.05, 3.63) is 47.3 Å². The van der Waals surface area contributed by atoms with Crippen LogP contribution in [0.25, 0.3) is 0 Å². The number of alkyl halides is 7. The minimum Gasteiger partial charge on any atom is -0.351 e. The van der Waals surface area contributed by atoms with Gasteiger partial charge in [0, 0.05) is 12.6 Å². The zero-order valence-electron chi connectivity index (χ0n) is 18.4.